The lowest BCUT2D eigenvalue weighted by Crippen LogP contribution is -2.34. The largest absolute Gasteiger partial charge is 0.417 e. The highest BCUT2D eigenvalue weighted by molar-refractivity contribution is 5.93. The molecule has 0 spiro atoms. The highest BCUT2D eigenvalue weighted by Gasteiger charge is 2.34. The Morgan fingerprint density at radius 3 is 2.65 bits per heavy atom. The number of aromatic nitrogens is 1. The fourth-order valence-corrected chi connectivity index (χ4v) is 1.89. The van der Waals surface area contributed by atoms with Gasteiger partial charge in [-0.2, -0.15) is 18.4 Å². The fraction of sp³-hybridized carbons (Fsp3) is 0.267. The number of hydrogen-bond acceptors (Lipinski definition) is 4. The van der Waals surface area contributed by atoms with Crippen molar-refractivity contribution in [2.24, 2.45) is 0 Å². The second kappa shape index (κ2) is 6.12. The molecule has 120 valence electrons. The molecule has 23 heavy (non-hydrogen) atoms. The molecule has 1 atom stereocenters. The van der Waals surface area contributed by atoms with Crippen molar-refractivity contribution in [3.63, 3.8) is 0 Å². The van der Waals surface area contributed by atoms with E-state index >= 15 is 0 Å². The van der Waals surface area contributed by atoms with E-state index in [0.29, 0.717) is 0 Å². The minimum atomic E-state index is -4.56. The number of amides is 1. The quantitative estimate of drug-likeness (QED) is 0.868. The van der Waals surface area contributed by atoms with E-state index < -0.39 is 23.7 Å². The van der Waals surface area contributed by atoms with Gasteiger partial charge in [-0.15, -0.1) is 0 Å². The van der Waals surface area contributed by atoms with Crippen LogP contribution in [0.25, 0.3) is 11.3 Å². The van der Waals surface area contributed by atoms with Gasteiger partial charge < -0.3 is 9.42 Å². The zero-order chi connectivity index (χ0) is 17.2. The summed E-state index contributed by atoms with van der Waals surface area (Å²) in [6.45, 7) is 1.51. The van der Waals surface area contributed by atoms with E-state index in [4.69, 9.17) is 9.78 Å². The lowest BCUT2D eigenvalue weighted by Gasteiger charge is -2.17. The number of hydrogen-bond donors (Lipinski definition) is 0. The van der Waals surface area contributed by atoms with E-state index in [1.54, 1.807) is 0 Å². The Hall–Kier alpha value is -2.82. The zero-order valence-corrected chi connectivity index (χ0v) is 12.3. The van der Waals surface area contributed by atoms with Crippen LogP contribution in [0, 0.1) is 11.3 Å². The Bertz CT molecular complexity index is 762. The molecular formula is C15H12F3N3O2. The molecule has 0 bridgehead atoms. The van der Waals surface area contributed by atoms with Gasteiger partial charge in [0.05, 0.1) is 11.6 Å². The van der Waals surface area contributed by atoms with Crippen molar-refractivity contribution in [2.75, 3.05) is 7.05 Å². The smallest absolute Gasteiger partial charge is 0.355 e. The van der Waals surface area contributed by atoms with Crippen LogP contribution >= 0.6 is 0 Å². The summed E-state index contributed by atoms with van der Waals surface area (Å²) in [6, 6.07) is 7.15. The molecule has 5 nitrogen and oxygen atoms in total. The Morgan fingerprint density at radius 2 is 2.04 bits per heavy atom. The second-order valence-corrected chi connectivity index (χ2v) is 4.84. The maximum absolute atomic E-state index is 13.0. The van der Waals surface area contributed by atoms with Gasteiger partial charge >= 0.3 is 6.18 Å². The van der Waals surface area contributed by atoms with Gasteiger partial charge in [-0.1, -0.05) is 23.4 Å². The molecule has 2 aromatic rings. The Labute approximate surface area is 129 Å². The summed E-state index contributed by atoms with van der Waals surface area (Å²) < 4.78 is 43.9. The first kappa shape index (κ1) is 16.5. The van der Waals surface area contributed by atoms with Crippen LogP contribution in [0.3, 0.4) is 0 Å². The number of rotatable bonds is 3. The average Bonchev–Trinajstić information content (AvgIpc) is 3.01. The van der Waals surface area contributed by atoms with Crippen LogP contribution in [-0.4, -0.2) is 29.1 Å². The summed E-state index contributed by atoms with van der Waals surface area (Å²) in [5.41, 5.74) is -1.25. The number of nitrogens with zero attached hydrogens (tertiary/aromatic N) is 3. The van der Waals surface area contributed by atoms with Gasteiger partial charge in [0.15, 0.2) is 11.5 Å². The van der Waals surface area contributed by atoms with E-state index in [0.717, 1.165) is 17.0 Å². The van der Waals surface area contributed by atoms with Crippen molar-refractivity contribution < 1.29 is 22.5 Å². The minimum Gasteiger partial charge on any atom is -0.355 e. The van der Waals surface area contributed by atoms with Gasteiger partial charge in [-0.25, -0.2) is 0 Å². The predicted octanol–water partition coefficient (Wildman–Crippen LogP) is 3.34. The zero-order valence-electron chi connectivity index (χ0n) is 12.3. The number of halogens is 3. The van der Waals surface area contributed by atoms with Crippen molar-refractivity contribution in [1.29, 1.82) is 5.26 Å². The van der Waals surface area contributed by atoms with Crippen LogP contribution in [0.15, 0.2) is 34.9 Å². The van der Waals surface area contributed by atoms with Crippen LogP contribution in [0.4, 0.5) is 13.2 Å². The summed E-state index contributed by atoms with van der Waals surface area (Å²) in [4.78, 5) is 13.2. The third kappa shape index (κ3) is 3.34. The van der Waals surface area contributed by atoms with E-state index in [1.165, 1.54) is 32.2 Å². The van der Waals surface area contributed by atoms with Gasteiger partial charge in [0.25, 0.3) is 5.91 Å². The highest BCUT2D eigenvalue weighted by atomic mass is 19.4. The molecule has 0 unspecified atom stereocenters. The van der Waals surface area contributed by atoms with Crippen LogP contribution in [0.5, 0.6) is 0 Å². The van der Waals surface area contributed by atoms with Crippen LogP contribution in [0.1, 0.15) is 23.0 Å². The lowest BCUT2D eigenvalue weighted by molar-refractivity contribution is -0.137. The van der Waals surface area contributed by atoms with Crippen LogP contribution < -0.4 is 0 Å². The van der Waals surface area contributed by atoms with Gasteiger partial charge in [0, 0.05) is 18.7 Å². The maximum Gasteiger partial charge on any atom is 0.417 e. The summed E-state index contributed by atoms with van der Waals surface area (Å²) in [5.74, 6) is -0.780. The van der Waals surface area contributed by atoms with Gasteiger partial charge in [0.2, 0.25) is 0 Å². The molecule has 0 saturated carbocycles. The number of carbonyl (C=O) groups excluding carboxylic acids is 1. The van der Waals surface area contributed by atoms with Crippen molar-refractivity contribution in [2.45, 2.75) is 19.1 Å². The molecule has 1 aromatic heterocycles. The summed E-state index contributed by atoms with van der Waals surface area (Å²) in [7, 11) is 1.40. The molecule has 0 aliphatic rings. The summed E-state index contributed by atoms with van der Waals surface area (Å²) >= 11 is 0. The number of alkyl halides is 3. The van der Waals surface area contributed by atoms with E-state index in [9.17, 15) is 18.0 Å². The predicted molar refractivity (Wildman–Crippen MR) is 74.1 cm³/mol. The first-order valence-corrected chi connectivity index (χ1v) is 6.55. The monoisotopic (exact) mass is 323 g/mol. The molecule has 1 heterocycles. The fourth-order valence-electron chi connectivity index (χ4n) is 1.89. The lowest BCUT2D eigenvalue weighted by atomic mass is 10.0. The average molecular weight is 323 g/mol. The van der Waals surface area contributed by atoms with E-state index in [-0.39, 0.29) is 17.0 Å². The third-order valence-electron chi connectivity index (χ3n) is 3.32. The molecule has 0 aliphatic carbocycles. The van der Waals surface area contributed by atoms with Gasteiger partial charge in [0.1, 0.15) is 6.04 Å². The number of nitriles is 1. The topological polar surface area (TPSA) is 70.1 Å². The normalized spacial score (nSPS) is 12.5. The standard InChI is InChI=1S/C15H12F3N3O2/c1-9(8-19)21(2)14(22)12-7-13(23-20-12)10-5-3-4-6-11(10)15(16,17)18/h3-7,9H,1-2H3/t9-/m0/s1. The molecule has 0 fully saturated rings. The minimum absolute atomic E-state index is 0.165. The third-order valence-corrected chi connectivity index (χ3v) is 3.32. The molecule has 1 amide bonds. The number of carbonyl (C=O) groups is 1. The maximum atomic E-state index is 13.0. The highest BCUT2D eigenvalue weighted by Crippen LogP contribution is 2.37. The molecule has 0 saturated heterocycles. The molecule has 0 N–H and O–H groups in total. The molecule has 2 rings (SSSR count). The number of benzene rings is 1. The summed E-state index contributed by atoms with van der Waals surface area (Å²) in [6.07, 6.45) is -4.56. The molecule has 8 heteroatoms. The van der Waals surface area contributed by atoms with Crippen molar-refractivity contribution in [3.05, 3.63) is 41.6 Å². The van der Waals surface area contributed by atoms with Crippen LogP contribution in [-0.2, 0) is 6.18 Å². The van der Waals surface area contributed by atoms with E-state index in [1.807, 2.05) is 6.07 Å². The SMILES string of the molecule is C[C@@H](C#N)N(C)C(=O)c1cc(-c2ccccc2C(F)(F)F)on1. The molecular weight excluding hydrogens is 311 g/mol. The Kier molecular flexibility index (Phi) is 4.40. The van der Waals surface area contributed by atoms with Crippen molar-refractivity contribution >= 4 is 5.91 Å². The van der Waals surface area contributed by atoms with E-state index in [2.05, 4.69) is 5.16 Å². The summed E-state index contributed by atoms with van der Waals surface area (Å²) in [5, 5.41) is 12.3. The first-order chi connectivity index (χ1) is 10.8. The molecule has 0 aliphatic heterocycles. The second-order valence-electron chi connectivity index (χ2n) is 4.84. The Morgan fingerprint density at radius 1 is 1.39 bits per heavy atom. The van der Waals surface area contributed by atoms with Gasteiger partial charge in [-0.05, 0) is 13.0 Å². The van der Waals surface area contributed by atoms with Gasteiger partial charge in [-0.3, -0.25) is 4.79 Å². The molecule has 1 aromatic carbocycles. The van der Waals surface area contributed by atoms with Crippen LogP contribution in [0.2, 0.25) is 0 Å². The first-order valence-electron chi connectivity index (χ1n) is 6.55. The Balaban J connectivity index is 2.38. The van der Waals surface area contributed by atoms with Crippen molar-refractivity contribution in [1.82, 2.24) is 10.1 Å². The molecule has 0 radical (unpaired) electrons. The van der Waals surface area contributed by atoms with Crippen molar-refractivity contribution in [3.8, 4) is 17.4 Å².